The van der Waals surface area contributed by atoms with Gasteiger partial charge in [-0.25, -0.2) is 4.39 Å². The van der Waals surface area contributed by atoms with E-state index in [4.69, 9.17) is 0 Å². The first-order chi connectivity index (χ1) is 10.9. The van der Waals surface area contributed by atoms with Gasteiger partial charge < -0.3 is 10.2 Å². The lowest BCUT2D eigenvalue weighted by Crippen LogP contribution is -2.44. The highest BCUT2D eigenvalue weighted by atomic mass is 79.9. The second-order valence-corrected chi connectivity index (χ2v) is 7.20. The van der Waals surface area contributed by atoms with E-state index in [-0.39, 0.29) is 29.2 Å². The summed E-state index contributed by atoms with van der Waals surface area (Å²) in [6.07, 6.45) is 1.83. The van der Waals surface area contributed by atoms with E-state index in [0.717, 1.165) is 12.8 Å². The Morgan fingerprint density at radius 3 is 2.83 bits per heavy atom. The van der Waals surface area contributed by atoms with Crippen molar-refractivity contribution in [1.29, 1.82) is 0 Å². The molecule has 0 spiro atoms. The first-order valence-electron chi connectivity index (χ1n) is 7.90. The number of carbonyl (C=O) groups is 2. The number of piperidine rings is 1. The molecule has 4 nitrogen and oxygen atoms in total. The Bertz CT molecular complexity index is 592. The van der Waals surface area contributed by atoms with Crippen LogP contribution in [0.3, 0.4) is 0 Å². The van der Waals surface area contributed by atoms with Gasteiger partial charge in [-0.1, -0.05) is 29.8 Å². The third kappa shape index (κ3) is 4.77. The molecule has 1 aliphatic rings. The summed E-state index contributed by atoms with van der Waals surface area (Å²) in [6.45, 7) is 5.43. The number of nitrogens with zero attached hydrogens (tertiary/aromatic N) is 1. The van der Waals surface area contributed by atoms with Crippen molar-refractivity contribution in [3.63, 3.8) is 0 Å². The van der Waals surface area contributed by atoms with Gasteiger partial charge in [0.15, 0.2) is 0 Å². The van der Waals surface area contributed by atoms with Crippen molar-refractivity contribution in [3.05, 3.63) is 34.1 Å². The molecule has 0 radical (unpaired) electrons. The number of rotatable bonds is 4. The van der Waals surface area contributed by atoms with E-state index in [1.165, 1.54) is 12.1 Å². The molecule has 6 heteroatoms. The largest absolute Gasteiger partial charge is 0.356 e. The summed E-state index contributed by atoms with van der Waals surface area (Å²) in [6, 6.07) is 4.48. The van der Waals surface area contributed by atoms with Gasteiger partial charge >= 0.3 is 0 Å². The molecule has 1 saturated heterocycles. The molecule has 0 bridgehead atoms. The van der Waals surface area contributed by atoms with E-state index in [1.54, 1.807) is 11.0 Å². The number of amides is 2. The molecule has 0 aromatic heterocycles. The van der Waals surface area contributed by atoms with E-state index in [0.29, 0.717) is 24.1 Å². The van der Waals surface area contributed by atoms with Crippen LogP contribution in [0.25, 0.3) is 0 Å². The Kier molecular flexibility index (Phi) is 6.16. The van der Waals surface area contributed by atoms with Crippen molar-refractivity contribution >= 4 is 27.7 Å². The predicted molar refractivity (Wildman–Crippen MR) is 90.6 cm³/mol. The van der Waals surface area contributed by atoms with Crippen molar-refractivity contribution in [2.45, 2.75) is 26.7 Å². The molecular weight excluding hydrogens is 363 g/mol. The fourth-order valence-corrected chi connectivity index (χ4v) is 3.03. The third-order valence-corrected chi connectivity index (χ3v) is 4.55. The minimum atomic E-state index is -0.514. The molecular formula is C17H22BrFN2O2. The zero-order chi connectivity index (χ0) is 17.0. The van der Waals surface area contributed by atoms with Crippen LogP contribution in [0.2, 0.25) is 0 Å². The number of hydrogen-bond acceptors (Lipinski definition) is 2. The second-order valence-electron chi connectivity index (χ2n) is 6.28. The molecule has 2 rings (SSSR count). The Morgan fingerprint density at radius 2 is 2.17 bits per heavy atom. The molecule has 1 N–H and O–H groups in total. The maximum atomic E-state index is 14.0. The van der Waals surface area contributed by atoms with Crippen molar-refractivity contribution in [1.82, 2.24) is 10.2 Å². The molecule has 2 amide bonds. The average molecular weight is 385 g/mol. The average Bonchev–Trinajstić information content (AvgIpc) is 2.52. The van der Waals surface area contributed by atoms with Gasteiger partial charge in [-0.2, -0.15) is 0 Å². The quantitative estimate of drug-likeness (QED) is 0.866. The van der Waals surface area contributed by atoms with Gasteiger partial charge in [-0.3, -0.25) is 9.59 Å². The number of carbonyl (C=O) groups excluding carboxylic acids is 2. The number of hydrogen-bond donors (Lipinski definition) is 1. The lowest BCUT2D eigenvalue weighted by Gasteiger charge is -2.33. The van der Waals surface area contributed by atoms with Crippen LogP contribution in [0, 0.1) is 17.7 Å². The van der Waals surface area contributed by atoms with E-state index < -0.39 is 5.82 Å². The Hall–Kier alpha value is -1.43. The molecule has 1 atom stereocenters. The summed E-state index contributed by atoms with van der Waals surface area (Å²) in [5.41, 5.74) is 0.0973. The maximum Gasteiger partial charge on any atom is 0.256 e. The molecule has 0 aliphatic carbocycles. The topological polar surface area (TPSA) is 49.4 Å². The second kappa shape index (κ2) is 7.90. The number of benzene rings is 1. The highest BCUT2D eigenvalue weighted by Gasteiger charge is 2.26. The molecule has 23 heavy (non-hydrogen) atoms. The molecule has 1 heterocycles. The van der Waals surface area contributed by atoms with Gasteiger partial charge in [-0.05, 0) is 37.0 Å². The van der Waals surface area contributed by atoms with Crippen LogP contribution in [0.5, 0.6) is 0 Å². The molecule has 0 unspecified atom stereocenters. The van der Waals surface area contributed by atoms with Crippen molar-refractivity contribution in [3.8, 4) is 0 Å². The normalized spacial score (nSPS) is 18.1. The van der Waals surface area contributed by atoms with Crippen LogP contribution >= 0.6 is 15.9 Å². The SMILES string of the molecule is CC(C)C(=O)NC[C@H]1CCCN(C(=O)c2ccc(Br)cc2F)C1. The molecule has 126 valence electrons. The van der Waals surface area contributed by atoms with E-state index in [1.807, 2.05) is 13.8 Å². The Labute approximate surface area is 144 Å². The molecule has 1 fully saturated rings. The fraction of sp³-hybridized carbons (Fsp3) is 0.529. The van der Waals surface area contributed by atoms with Gasteiger partial charge in [-0.15, -0.1) is 0 Å². The standard InChI is InChI=1S/C17H22BrFN2O2/c1-11(2)16(22)20-9-12-4-3-7-21(10-12)17(23)14-6-5-13(18)8-15(14)19/h5-6,8,11-12H,3-4,7,9-10H2,1-2H3,(H,20,22)/t12-/m1/s1. The van der Waals surface area contributed by atoms with Gasteiger partial charge in [0.2, 0.25) is 5.91 Å². The van der Waals surface area contributed by atoms with Crippen LogP contribution in [-0.2, 0) is 4.79 Å². The number of likely N-dealkylation sites (tertiary alicyclic amines) is 1. The highest BCUT2D eigenvalue weighted by molar-refractivity contribution is 9.10. The number of halogens is 2. The van der Waals surface area contributed by atoms with Gasteiger partial charge in [0, 0.05) is 30.0 Å². The molecule has 1 aromatic rings. The number of nitrogens with one attached hydrogen (secondary N) is 1. The van der Waals surface area contributed by atoms with Crippen LogP contribution in [0.15, 0.2) is 22.7 Å². The zero-order valence-electron chi connectivity index (χ0n) is 13.4. The summed E-state index contributed by atoms with van der Waals surface area (Å²) >= 11 is 3.19. The third-order valence-electron chi connectivity index (χ3n) is 4.06. The first-order valence-corrected chi connectivity index (χ1v) is 8.69. The highest BCUT2D eigenvalue weighted by Crippen LogP contribution is 2.21. The minimum absolute atomic E-state index is 0.0207. The first kappa shape index (κ1) is 17.9. The van der Waals surface area contributed by atoms with Crippen LogP contribution < -0.4 is 5.32 Å². The van der Waals surface area contributed by atoms with E-state index in [2.05, 4.69) is 21.2 Å². The van der Waals surface area contributed by atoms with E-state index >= 15 is 0 Å². The van der Waals surface area contributed by atoms with Crippen molar-refractivity contribution in [2.24, 2.45) is 11.8 Å². The minimum Gasteiger partial charge on any atom is -0.356 e. The monoisotopic (exact) mass is 384 g/mol. The van der Waals surface area contributed by atoms with Crippen molar-refractivity contribution in [2.75, 3.05) is 19.6 Å². The maximum absolute atomic E-state index is 14.0. The molecule has 1 aliphatic heterocycles. The fourth-order valence-electron chi connectivity index (χ4n) is 2.70. The van der Waals surface area contributed by atoms with Crippen LogP contribution in [0.4, 0.5) is 4.39 Å². The molecule has 1 aromatic carbocycles. The van der Waals surface area contributed by atoms with Crippen molar-refractivity contribution < 1.29 is 14.0 Å². The molecule has 0 saturated carbocycles. The summed E-state index contributed by atoms with van der Waals surface area (Å²) in [5.74, 6) is -0.607. The van der Waals surface area contributed by atoms with Gasteiger partial charge in [0.1, 0.15) is 5.82 Å². The van der Waals surface area contributed by atoms with Crippen LogP contribution in [0.1, 0.15) is 37.0 Å². The predicted octanol–water partition coefficient (Wildman–Crippen LogP) is 3.21. The smallest absolute Gasteiger partial charge is 0.256 e. The Morgan fingerprint density at radius 1 is 1.43 bits per heavy atom. The lowest BCUT2D eigenvalue weighted by molar-refractivity contribution is -0.124. The summed E-state index contributed by atoms with van der Waals surface area (Å²) < 4.78 is 14.6. The summed E-state index contributed by atoms with van der Waals surface area (Å²) in [4.78, 5) is 25.8. The van der Waals surface area contributed by atoms with Gasteiger partial charge in [0.05, 0.1) is 5.56 Å². The Balaban J connectivity index is 1.97. The summed E-state index contributed by atoms with van der Waals surface area (Å²) in [7, 11) is 0. The van der Waals surface area contributed by atoms with Crippen LogP contribution in [-0.4, -0.2) is 36.3 Å². The zero-order valence-corrected chi connectivity index (χ0v) is 15.0. The van der Waals surface area contributed by atoms with Gasteiger partial charge in [0.25, 0.3) is 5.91 Å². The lowest BCUT2D eigenvalue weighted by atomic mass is 9.97. The van der Waals surface area contributed by atoms with E-state index in [9.17, 15) is 14.0 Å². The summed E-state index contributed by atoms with van der Waals surface area (Å²) in [5, 5.41) is 2.91.